The van der Waals surface area contributed by atoms with Crippen LogP contribution < -0.4 is 11.1 Å². The van der Waals surface area contributed by atoms with Crippen LogP contribution in [0.15, 0.2) is 18.2 Å². The number of carbonyl (C=O) groups is 1. The number of nitrogens with two attached hydrogens (primary N) is 1. The molecule has 1 heterocycles. The summed E-state index contributed by atoms with van der Waals surface area (Å²) in [5.41, 5.74) is 7.26. The van der Waals surface area contributed by atoms with E-state index in [4.69, 9.17) is 5.73 Å². The van der Waals surface area contributed by atoms with Crippen LogP contribution in [-0.2, 0) is 4.79 Å². The summed E-state index contributed by atoms with van der Waals surface area (Å²) >= 11 is 0. The van der Waals surface area contributed by atoms with Gasteiger partial charge in [-0.15, -0.1) is 0 Å². The Bertz CT molecular complexity index is 376. The van der Waals surface area contributed by atoms with Crippen LogP contribution in [0, 0.1) is 0 Å². The van der Waals surface area contributed by atoms with Gasteiger partial charge in [-0.2, -0.15) is 0 Å². The average Bonchev–Trinajstić information content (AvgIpc) is 2.15. The SMILES string of the molecule is NCC1CC(=O)Nc2cc(O)ccc21. The van der Waals surface area contributed by atoms with Gasteiger partial charge in [-0.05, 0) is 18.2 Å². The maximum atomic E-state index is 11.3. The zero-order chi connectivity index (χ0) is 10.1. The number of benzene rings is 1. The highest BCUT2D eigenvalue weighted by Crippen LogP contribution is 2.33. The normalized spacial score (nSPS) is 20.1. The molecule has 1 aliphatic rings. The second-order valence-electron chi connectivity index (χ2n) is 3.46. The first kappa shape index (κ1) is 9.02. The first-order chi connectivity index (χ1) is 6.70. The number of anilines is 1. The summed E-state index contributed by atoms with van der Waals surface area (Å²) in [7, 11) is 0. The molecule has 0 spiro atoms. The van der Waals surface area contributed by atoms with Crippen molar-refractivity contribution >= 4 is 11.6 Å². The number of phenolic OH excluding ortho intramolecular Hbond substituents is 1. The summed E-state index contributed by atoms with van der Waals surface area (Å²) in [5, 5.41) is 12.0. The molecule has 0 aromatic heterocycles. The standard InChI is InChI=1S/C10H12N2O2/c11-5-6-3-10(14)12-9-4-7(13)1-2-8(6)9/h1-2,4,6,13H,3,5,11H2,(H,12,14). The maximum Gasteiger partial charge on any atom is 0.225 e. The molecule has 4 N–H and O–H groups in total. The Hall–Kier alpha value is -1.55. The van der Waals surface area contributed by atoms with Gasteiger partial charge in [0, 0.05) is 24.1 Å². The molecule has 1 unspecified atom stereocenters. The van der Waals surface area contributed by atoms with E-state index in [9.17, 15) is 9.90 Å². The molecule has 0 saturated carbocycles. The molecule has 14 heavy (non-hydrogen) atoms. The van der Waals surface area contributed by atoms with Gasteiger partial charge < -0.3 is 16.2 Å². The predicted molar refractivity (Wildman–Crippen MR) is 53.1 cm³/mol. The number of nitrogens with one attached hydrogen (secondary N) is 1. The molecular weight excluding hydrogens is 180 g/mol. The highest BCUT2D eigenvalue weighted by Gasteiger charge is 2.23. The molecule has 1 aromatic carbocycles. The van der Waals surface area contributed by atoms with Crippen molar-refractivity contribution in [1.29, 1.82) is 0 Å². The lowest BCUT2D eigenvalue weighted by Crippen LogP contribution is -2.26. The van der Waals surface area contributed by atoms with Crippen LogP contribution in [0.1, 0.15) is 17.9 Å². The molecule has 0 aliphatic carbocycles. The minimum absolute atomic E-state index is 0.0430. The van der Waals surface area contributed by atoms with Gasteiger partial charge in [0.05, 0.1) is 0 Å². The van der Waals surface area contributed by atoms with Crippen molar-refractivity contribution in [2.75, 3.05) is 11.9 Å². The first-order valence-electron chi connectivity index (χ1n) is 4.53. The average molecular weight is 192 g/mol. The molecule has 1 aromatic rings. The number of phenols is 1. The van der Waals surface area contributed by atoms with E-state index in [0.717, 1.165) is 5.56 Å². The summed E-state index contributed by atoms with van der Waals surface area (Å²) in [5.74, 6) is 0.180. The number of hydrogen-bond acceptors (Lipinski definition) is 3. The van der Waals surface area contributed by atoms with Crippen LogP contribution in [0.5, 0.6) is 5.75 Å². The Morgan fingerprint density at radius 1 is 1.57 bits per heavy atom. The molecule has 0 saturated heterocycles. The van der Waals surface area contributed by atoms with Gasteiger partial charge in [0.2, 0.25) is 5.91 Å². The molecular formula is C10H12N2O2. The van der Waals surface area contributed by atoms with Crippen LogP contribution in [-0.4, -0.2) is 17.6 Å². The smallest absolute Gasteiger partial charge is 0.225 e. The predicted octanol–water partition coefficient (Wildman–Crippen LogP) is 0.777. The highest BCUT2D eigenvalue weighted by atomic mass is 16.3. The topological polar surface area (TPSA) is 75.4 Å². The largest absolute Gasteiger partial charge is 0.508 e. The Morgan fingerprint density at radius 3 is 3.07 bits per heavy atom. The van der Waals surface area contributed by atoms with Gasteiger partial charge in [-0.25, -0.2) is 0 Å². The third-order valence-electron chi connectivity index (χ3n) is 2.47. The van der Waals surface area contributed by atoms with Crippen molar-refractivity contribution in [2.45, 2.75) is 12.3 Å². The molecule has 4 nitrogen and oxygen atoms in total. The lowest BCUT2D eigenvalue weighted by molar-refractivity contribution is -0.116. The molecule has 0 bridgehead atoms. The highest BCUT2D eigenvalue weighted by molar-refractivity contribution is 5.95. The van der Waals surface area contributed by atoms with Gasteiger partial charge in [-0.1, -0.05) is 6.07 Å². The van der Waals surface area contributed by atoms with Gasteiger partial charge in [0.15, 0.2) is 0 Å². The third kappa shape index (κ3) is 1.44. The molecule has 0 radical (unpaired) electrons. The van der Waals surface area contributed by atoms with E-state index in [1.165, 1.54) is 0 Å². The Labute approximate surface area is 81.7 Å². The monoisotopic (exact) mass is 192 g/mol. The van der Waals surface area contributed by atoms with Gasteiger partial charge in [0.25, 0.3) is 0 Å². The molecule has 1 atom stereocenters. The second kappa shape index (κ2) is 3.31. The fourth-order valence-corrected chi connectivity index (χ4v) is 1.75. The van der Waals surface area contributed by atoms with Crippen molar-refractivity contribution < 1.29 is 9.90 Å². The van der Waals surface area contributed by atoms with E-state index >= 15 is 0 Å². The van der Waals surface area contributed by atoms with Crippen molar-refractivity contribution in [2.24, 2.45) is 5.73 Å². The fraction of sp³-hybridized carbons (Fsp3) is 0.300. The number of amides is 1. The van der Waals surface area contributed by atoms with E-state index in [2.05, 4.69) is 5.32 Å². The van der Waals surface area contributed by atoms with Gasteiger partial charge in [0.1, 0.15) is 5.75 Å². The van der Waals surface area contributed by atoms with Gasteiger partial charge in [-0.3, -0.25) is 4.79 Å². The van der Waals surface area contributed by atoms with E-state index < -0.39 is 0 Å². The van der Waals surface area contributed by atoms with Crippen LogP contribution in [0.3, 0.4) is 0 Å². The minimum atomic E-state index is -0.0430. The van der Waals surface area contributed by atoms with Gasteiger partial charge >= 0.3 is 0 Å². The van der Waals surface area contributed by atoms with E-state index in [1.807, 2.05) is 6.07 Å². The van der Waals surface area contributed by atoms with Crippen LogP contribution in [0.4, 0.5) is 5.69 Å². The van der Waals surface area contributed by atoms with E-state index in [0.29, 0.717) is 18.7 Å². The number of rotatable bonds is 1. The van der Waals surface area contributed by atoms with E-state index in [-0.39, 0.29) is 17.6 Å². The number of fused-ring (bicyclic) bond motifs is 1. The summed E-state index contributed by atoms with van der Waals surface area (Å²) in [6.45, 7) is 0.450. The molecule has 4 heteroatoms. The summed E-state index contributed by atoms with van der Waals surface area (Å²) in [4.78, 5) is 11.3. The summed E-state index contributed by atoms with van der Waals surface area (Å²) in [6, 6.07) is 4.97. The quantitative estimate of drug-likeness (QED) is 0.615. The zero-order valence-electron chi connectivity index (χ0n) is 7.66. The van der Waals surface area contributed by atoms with Crippen LogP contribution in [0.2, 0.25) is 0 Å². The minimum Gasteiger partial charge on any atom is -0.508 e. The van der Waals surface area contributed by atoms with Crippen molar-refractivity contribution in [3.05, 3.63) is 23.8 Å². The molecule has 0 fully saturated rings. The Morgan fingerprint density at radius 2 is 2.36 bits per heavy atom. The molecule has 2 rings (SSSR count). The van der Waals surface area contributed by atoms with Crippen LogP contribution >= 0.6 is 0 Å². The molecule has 1 amide bonds. The Kier molecular flexibility index (Phi) is 2.13. The molecule has 1 aliphatic heterocycles. The lowest BCUT2D eigenvalue weighted by atomic mass is 9.90. The van der Waals surface area contributed by atoms with Crippen molar-refractivity contribution in [1.82, 2.24) is 0 Å². The Balaban J connectivity index is 2.45. The van der Waals surface area contributed by atoms with Crippen molar-refractivity contribution in [3.63, 3.8) is 0 Å². The maximum absolute atomic E-state index is 11.3. The zero-order valence-corrected chi connectivity index (χ0v) is 7.66. The summed E-state index contributed by atoms with van der Waals surface area (Å²) in [6.07, 6.45) is 0.425. The first-order valence-corrected chi connectivity index (χ1v) is 4.53. The lowest BCUT2D eigenvalue weighted by Gasteiger charge is -2.24. The third-order valence-corrected chi connectivity index (χ3v) is 2.47. The molecule has 74 valence electrons. The summed E-state index contributed by atoms with van der Waals surface area (Å²) < 4.78 is 0. The van der Waals surface area contributed by atoms with E-state index in [1.54, 1.807) is 12.1 Å². The fourth-order valence-electron chi connectivity index (χ4n) is 1.75. The van der Waals surface area contributed by atoms with Crippen molar-refractivity contribution in [3.8, 4) is 5.75 Å². The van der Waals surface area contributed by atoms with Crippen LogP contribution in [0.25, 0.3) is 0 Å². The number of hydrogen-bond donors (Lipinski definition) is 3. The number of carbonyl (C=O) groups excluding carboxylic acids is 1. The number of aromatic hydroxyl groups is 1. The second-order valence-corrected chi connectivity index (χ2v) is 3.46.